The number of carbonyl (C=O) groups is 1. The molecule has 2 rings (SSSR count). The molecule has 21 heavy (non-hydrogen) atoms. The van der Waals surface area contributed by atoms with Crippen LogP contribution < -0.4 is 10.6 Å². The van der Waals surface area contributed by atoms with Crippen LogP contribution in [-0.4, -0.2) is 18.5 Å². The van der Waals surface area contributed by atoms with E-state index in [1.54, 1.807) is 12.1 Å². The Balaban J connectivity index is 1.92. The fraction of sp³-hybridized carbons (Fsp3) is 0.588. The second kappa shape index (κ2) is 7.03. The summed E-state index contributed by atoms with van der Waals surface area (Å²) in [5.41, 5.74) is 0.872. The third-order valence-electron chi connectivity index (χ3n) is 4.59. The van der Waals surface area contributed by atoms with E-state index in [-0.39, 0.29) is 23.3 Å². The molecule has 2 N–H and O–H groups in total. The normalized spacial score (nSPS) is 19.0. The summed E-state index contributed by atoms with van der Waals surface area (Å²) in [6.45, 7) is 1.93. The second-order valence-corrected chi connectivity index (χ2v) is 6.11. The lowest BCUT2D eigenvalue weighted by atomic mass is 9.79. The van der Waals surface area contributed by atoms with Crippen LogP contribution in [0.25, 0.3) is 0 Å². The Hall–Kier alpha value is -1.42. The summed E-state index contributed by atoms with van der Waals surface area (Å²) in [4.78, 5) is 12.3. The Morgan fingerprint density at radius 3 is 2.43 bits per heavy atom. The standard InChI is InChI=1S/C17H25FN2O/c1-13(14-6-8-15(18)9-7-14)20-16(21)12-17(19-2)10-4-3-5-11-17/h6-9,13,19H,3-5,10-12H2,1-2H3,(H,20,21)/t13-/m0/s1. The fourth-order valence-corrected chi connectivity index (χ4v) is 3.18. The van der Waals surface area contributed by atoms with Crippen LogP contribution in [0.4, 0.5) is 4.39 Å². The predicted molar refractivity (Wildman–Crippen MR) is 82.5 cm³/mol. The summed E-state index contributed by atoms with van der Waals surface area (Å²) in [7, 11) is 1.95. The maximum Gasteiger partial charge on any atom is 0.222 e. The molecular formula is C17H25FN2O. The van der Waals surface area contributed by atoms with E-state index < -0.39 is 0 Å². The Labute approximate surface area is 126 Å². The monoisotopic (exact) mass is 292 g/mol. The molecule has 1 aromatic carbocycles. The highest BCUT2D eigenvalue weighted by atomic mass is 19.1. The molecule has 1 aliphatic rings. The van der Waals surface area contributed by atoms with Gasteiger partial charge in [-0.1, -0.05) is 31.4 Å². The average Bonchev–Trinajstić information content (AvgIpc) is 2.48. The topological polar surface area (TPSA) is 41.1 Å². The van der Waals surface area contributed by atoms with Crippen LogP contribution in [0.3, 0.4) is 0 Å². The summed E-state index contributed by atoms with van der Waals surface area (Å²) < 4.78 is 12.9. The van der Waals surface area contributed by atoms with Crippen molar-refractivity contribution in [2.24, 2.45) is 0 Å². The van der Waals surface area contributed by atoms with Crippen molar-refractivity contribution in [2.45, 2.75) is 57.0 Å². The average molecular weight is 292 g/mol. The van der Waals surface area contributed by atoms with E-state index in [0.29, 0.717) is 6.42 Å². The third-order valence-corrected chi connectivity index (χ3v) is 4.59. The van der Waals surface area contributed by atoms with Crippen LogP contribution in [0.15, 0.2) is 24.3 Å². The number of carbonyl (C=O) groups excluding carboxylic acids is 1. The SMILES string of the molecule is CNC1(CC(=O)N[C@@H](C)c2ccc(F)cc2)CCCCC1. The van der Waals surface area contributed by atoms with Gasteiger partial charge in [0.25, 0.3) is 0 Å². The highest BCUT2D eigenvalue weighted by Gasteiger charge is 2.32. The van der Waals surface area contributed by atoms with Crippen molar-refractivity contribution in [3.8, 4) is 0 Å². The Bertz CT molecular complexity index is 466. The van der Waals surface area contributed by atoms with E-state index in [0.717, 1.165) is 18.4 Å². The van der Waals surface area contributed by atoms with Crippen molar-refractivity contribution in [2.75, 3.05) is 7.05 Å². The quantitative estimate of drug-likeness (QED) is 0.874. The summed E-state index contributed by atoms with van der Waals surface area (Å²) in [5.74, 6) is -0.198. The molecule has 0 heterocycles. The maximum atomic E-state index is 12.9. The molecule has 1 aromatic rings. The van der Waals surface area contributed by atoms with Gasteiger partial charge in [-0.15, -0.1) is 0 Å². The first-order valence-electron chi connectivity index (χ1n) is 7.78. The molecule has 0 spiro atoms. The molecule has 1 atom stereocenters. The Kier molecular flexibility index (Phi) is 5.34. The zero-order valence-corrected chi connectivity index (χ0v) is 12.9. The molecule has 116 valence electrons. The molecular weight excluding hydrogens is 267 g/mol. The minimum Gasteiger partial charge on any atom is -0.350 e. The highest BCUT2D eigenvalue weighted by Crippen LogP contribution is 2.30. The number of rotatable bonds is 5. The van der Waals surface area contributed by atoms with E-state index in [1.165, 1.54) is 31.4 Å². The van der Waals surface area contributed by atoms with Crippen molar-refractivity contribution >= 4 is 5.91 Å². The van der Waals surface area contributed by atoms with Crippen molar-refractivity contribution in [1.82, 2.24) is 10.6 Å². The molecule has 0 aliphatic heterocycles. The lowest BCUT2D eigenvalue weighted by molar-refractivity contribution is -0.123. The molecule has 0 unspecified atom stereocenters. The first-order chi connectivity index (χ1) is 10.0. The molecule has 1 amide bonds. The molecule has 0 bridgehead atoms. The number of hydrogen-bond donors (Lipinski definition) is 2. The number of amides is 1. The first kappa shape index (κ1) is 16.0. The second-order valence-electron chi connectivity index (χ2n) is 6.11. The zero-order chi connectivity index (χ0) is 15.3. The summed E-state index contributed by atoms with van der Waals surface area (Å²) in [6.07, 6.45) is 6.25. The van der Waals surface area contributed by atoms with Crippen LogP contribution in [-0.2, 0) is 4.79 Å². The van der Waals surface area contributed by atoms with Gasteiger partial charge in [-0.05, 0) is 44.5 Å². The molecule has 0 saturated heterocycles. The lowest BCUT2D eigenvalue weighted by Crippen LogP contribution is -2.48. The minimum absolute atomic E-state index is 0.0507. The Morgan fingerprint density at radius 1 is 1.24 bits per heavy atom. The van der Waals surface area contributed by atoms with E-state index in [9.17, 15) is 9.18 Å². The van der Waals surface area contributed by atoms with Crippen LogP contribution in [0.1, 0.15) is 57.1 Å². The van der Waals surface area contributed by atoms with Gasteiger partial charge in [0.05, 0.1) is 6.04 Å². The number of hydrogen-bond acceptors (Lipinski definition) is 2. The van der Waals surface area contributed by atoms with Gasteiger partial charge in [0, 0.05) is 12.0 Å². The zero-order valence-electron chi connectivity index (χ0n) is 12.9. The predicted octanol–water partition coefficient (Wildman–Crippen LogP) is 3.32. The number of benzene rings is 1. The minimum atomic E-state index is -0.256. The van der Waals surface area contributed by atoms with Crippen LogP contribution >= 0.6 is 0 Å². The molecule has 1 aliphatic carbocycles. The van der Waals surface area contributed by atoms with Gasteiger partial charge in [0.15, 0.2) is 0 Å². The van der Waals surface area contributed by atoms with Gasteiger partial charge in [-0.25, -0.2) is 4.39 Å². The number of halogens is 1. The van der Waals surface area contributed by atoms with Crippen molar-refractivity contribution in [3.63, 3.8) is 0 Å². The van der Waals surface area contributed by atoms with Crippen LogP contribution in [0.2, 0.25) is 0 Å². The van der Waals surface area contributed by atoms with Crippen molar-refractivity contribution in [1.29, 1.82) is 0 Å². The van der Waals surface area contributed by atoms with Gasteiger partial charge in [-0.3, -0.25) is 4.79 Å². The van der Waals surface area contributed by atoms with E-state index in [2.05, 4.69) is 10.6 Å². The first-order valence-corrected chi connectivity index (χ1v) is 7.78. The molecule has 1 fully saturated rings. The molecule has 0 radical (unpaired) electrons. The maximum absolute atomic E-state index is 12.9. The van der Waals surface area contributed by atoms with Gasteiger partial charge in [0.2, 0.25) is 5.91 Å². The number of nitrogens with one attached hydrogen (secondary N) is 2. The van der Waals surface area contributed by atoms with Crippen LogP contribution in [0.5, 0.6) is 0 Å². The smallest absolute Gasteiger partial charge is 0.222 e. The van der Waals surface area contributed by atoms with E-state index in [1.807, 2.05) is 14.0 Å². The Morgan fingerprint density at radius 2 is 1.86 bits per heavy atom. The van der Waals surface area contributed by atoms with Gasteiger partial charge >= 0.3 is 0 Å². The lowest BCUT2D eigenvalue weighted by Gasteiger charge is -2.37. The van der Waals surface area contributed by atoms with E-state index in [4.69, 9.17) is 0 Å². The molecule has 0 aromatic heterocycles. The van der Waals surface area contributed by atoms with E-state index >= 15 is 0 Å². The van der Waals surface area contributed by atoms with Crippen LogP contribution in [0, 0.1) is 5.82 Å². The fourth-order valence-electron chi connectivity index (χ4n) is 3.18. The largest absolute Gasteiger partial charge is 0.350 e. The highest BCUT2D eigenvalue weighted by molar-refractivity contribution is 5.77. The molecule has 4 heteroatoms. The third kappa shape index (κ3) is 4.27. The molecule has 3 nitrogen and oxygen atoms in total. The molecule has 1 saturated carbocycles. The summed E-state index contributed by atoms with van der Waals surface area (Å²) in [5, 5.41) is 6.38. The van der Waals surface area contributed by atoms with Crippen molar-refractivity contribution < 1.29 is 9.18 Å². The van der Waals surface area contributed by atoms with Gasteiger partial charge in [0.1, 0.15) is 5.82 Å². The van der Waals surface area contributed by atoms with Gasteiger partial charge < -0.3 is 10.6 Å². The van der Waals surface area contributed by atoms with Gasteiger partial charge in [-0.2, -0.15) is 0 Å². The van der Waals surface area contributed by atoms with Crippen molar-refractivity contribution in [3.05, 3.63) is 35.6 Å². The summed E-state index contributed by atoms with van der Waals surface area (Å²) in [6, 6.07) is 6.18. The summed E-state index contributed by atoms with van der Waals surface area (Å²) >= 11 is 0.